The summed E-state index contributed by atoms with van der Waals surface area (Å²) >= 11 is 0. The molecule has 1 heterocycles. The molecular formula is C18H21FIN5. The van der Waals surface area contributed by atoms with Gasteiger partial charge in [-0.15, -0.1) is 24.0 Å². The predicted octanol–water partition coefficient (Wildman–Crippen LogP) is 3.20. The number of fused-ring (bicyclic) bond motifs is 1. The molecule has 0 saturated carbocycles. The fourth-order valence-electron chi connectivity index (χ4n) is 2.56. The van der Waals surface area contributed by atoms with E-state index >= 15 is 0 Å². The highest BCUT2D eigenvalue weighted by Crippen LogP contribution is 2.13. The highest BCUT2D eigenvalue weighted by molar-refractivity contribution is 14.0. The van der Waals surface area contributed by atoms with E-state index in [2.05, 4.69) is 20.6 Å². The summed E-state index contributed by atoms with van der Waals surface area (Å²) in [6.45, 7) is 0.900. The van der Waals surface area contributed by atoms with Gasteiger partial charge in [-0.3, -0.25) is 4.99 Å². The van der Waals surface area contributed by atoms with Crippen LogP contribution in [0.1, 0.15) is 11.4 Å². The lowest BCUT2D eigenvalue weighted by Crippen LogP contribution is -2.37. The number of rotatable bonds is 4. The molecule has 7 heteroatoms. The highest BCUT2D eigenvalue weighted by Gasteiger charge is 2.08. The van der Waals surface area contributed by atoms with Crippen LogP contribution in [0.15, 0.2) is 53.5 Å². The molecule has 5 nitrogen and oxygen atoms in total. The van der Waals surface area contributed by atoms with E-state index in [1.165, 1.54) is 6.07 Å². The van der Waals surface area contributed by atoms with Crippen LogP contribution in [0.4, 0.5) is 4.39 Å². The van der Waals surface area contributed by atoms with Crippen LogP contribution in [0.25, 0.3) is 11.0 Å². The van der Waals surface area contributed by atoms with Crippen LogP contribution < -0.4 is 10.6 Å². The Morgan fingerprint density at radius 3 is 2.48 bits per heavy atom. The molecule has 3 rings (SSSR count). The van der Waals surface area contributed by atoms with Gasteiger partial charge < -0.3 is 15.2 Å². The van der Waals surface area contributed by atoms with Crippen molar-refractivity contribution in [2.45, 2.75) is 13.1 Å². The molecule has 0 amide bonds. The summed E-state index contributed by atoms with van der Waals surface area (Å²) in [5, 5.41) is 6.32. The Labute approximate surface area is 163 Å². The van der Waals surface area contributed by atoms with E-state index in [0.717, 1.165) is 16.9 Å². The van der Waals surface area contributed by atoms with Gasteiger partial charge in [0.1, 0.15) is 11.6 Å². The molecule has 0 unspecified atom stereocenters. The fourth-order valence-corrected chi connectivity index (χ4v) is 2.56. The Bertz CT molecular complexity index is 875. The van der Waals surface area contributed by atoms with Crippen molar-refractivity contribution in [1.82, 2.24) is 20.2 Å². The molecule has 0 radical (unpaired) electrons. The number of hydrogen-bond acceptors (Lipinski definition) is 2. The zero-order valence-electron chi connectivity index (χ0n) is 14.2. The molecule has 2 aromatic carbocycles. The molecule has 132 valence electrons. The number of nitrogens with zero attached hydrogens (tertiary/aromatic N) is 3. The van der Waals surface area contributed by atoms with E-state index in [1.807, 2.05) is 41.9 Å². The van der Waals surface area contributed by atoms with Gasteiger partial charge in [0.15, 0.2) is 5.96 Å². The van der Waals surface area contributed by atoms with Crippen LogP contribution in [-0.2, 0) is 20.1 Å². The first-order valence-electron chi connectivity index (χ1n) is 7.77. The van der Waals surface area contributed by atoms with E-state index in [1.54, 1.807) is 19.2 Å². The predicted molar refractivity (Wildman–Crippen MR) is 110 cm³/mol. The molecule has 0 bridgehead atoms. The number of halogens is 2. The number of aryl methyl sites for hydroxylation is 1. The quantitative estimate of drug-likeness (QED) is 0.363. The summed E-state index contributed by atoms with van der Waals surface area (Å²) < 4.78 is 15.7. The summed E-state index contributed by atoms with van der Waals surface area (Å²) in [5.74, 6) is 1.28. The van der Waals surface area contributed by atoms with Gasteiger partial charge in [0, 0.05) is 26.2 Å². The van der Waals surface area contributed by atoms with Crippen molar-refractivity contribution < 1.29 is 4.39 Å². The SMILES string of the molecule is CN=C(NCc1ccccc1F)NCc1nc2ccccc2n1C.I. The minimum atomic E-state index is -0.226. The molecule has 2 N–H and O–H groups in total. The normalized spacial score (nSPS) is 11.2. The molecule has 0 aliphatic carbocycles. The van der Waals surface area contributed by atoms with Crippen LogP contribution in [0.5, 0.6) is 0 Å². The Balaban J connectivity index is 0.00000225. The fraction of sp³-hybridized carbons (Fsp3) is 0.222. The minimum absolute atomic E-state index is 0. The lowest BCUT2D eigenvalue weighted by Gasteiger charge is -2.12. The molecule has 0 spiro atoms. The molecule has 25 heavy (non-hydrogen) atoms. The van der Waals surface area contributed by atoms with E-state index < -0.39 is 0 Å². The highest BCUT2D eigenvalue weighted by atomic mass is 127. The largest absolute Gasteiger partial charge is 0.352 e. The molecule has 0 aliphatic rings. The van der Waals surface area contributed by atoms with Gasteiger partial charge in [-0.25, -0.2) is 9.37 Å². The van der Waals surface area contributed by atoms with Crippen molar-refractivity contribution in [3.05, 3.63) is 65.7 Å². The first-order chi connectivity index (χ1) is 11.7. The van der Waals surface area contributed by atoms with Crippen molar-refractivity contribution in [2.24, 2.45) is 12.0 Å². The Hall–Kier alpha value is -2.16. The van der Waals surface area contributed by atoms with Crippen LogP contribution in [0.3, 0.4) is 0 Å². The number of aliphatic imine (C=N–C) groups is 1. The minimum Gasteiger partial charge on any atom is -0.352 e. The van der Waals surface area contributed by atoms with Gasteiger partial charge in [0.2, 0.25) is 0 Å². The van der Waals surface area contributed by atoms with Crippen LogP contribution in [-0.4, -0.2) is 22.6 Å². The Morgan fingerprint density at radius 2 is 1.76 bits per heavy atom. The number of guanidine groups is 1. The van der Waals surface area contributed by atoms with Gasteiger partial charge >= 0.3 is 0 Å². The van der Waals surface area contributed by atoms with Gasteiger partial charge in [-0.2, -0.15) is 0 Å². The second kappa shape index (κ2) is 8.80. The summed E-state index contributed by atoms with van der Waals surface area (Å²) in [4.78, 5) is 8.77. The summed E-state index contributed by atoms with van der Waals surface area (Å²) in [5.41, 5.74) is 2.65. The van der Waals surface area contributed by atoms with Crippen molar-refractivity contribution in [2.75, 3.05) is 7.05 Å². The first-order valence-corrected chi connectivity index (χ1v) is 7.77. The van der Waals surface area contributed by atoms with Crippen LogP contribution in [0, 0.1) is 5.82 Å². The number of hydrogen-bond donors (Lipinski definition) is 2. The second-order valence-electron chi connectivity index (χ2n) is 5.45. The van der Waals surface area contributed by atoms with E-state index in [0.29, 0.717) is 24.6 Å². The lowest BCUT2D eigenvalue weighted by atomic mass is 10.2. The monoisotopic (exact) mass is 453 g/mol. The molecule has 1 aromatic heterocycles. The van der Waals surface area contributed by atoms with Gasteiger partial charge in [-0.05, 0) is 18.2 Å². The number of imidazole rings is 1. The summed E-state index contributed by atoms with van der Waals surface area (Å²) in [7, 11) is 3.67. The van der Waals surface area contributed by atoms with E-state index in [-0.39, 0.29) is 29.8 Å². The molecule has 0 fully saturated rings. The third-order valence-electron chi connectivity index (χ3n) is 3.92. The van der Waals surface area contributed by atoms with Crippen LogP contribution >= 0.6 is 24.0 Å². The standard InChI is InChI=1S/C18H20FN5.HI/c1-20-18(21-11-13-7-3-4-8-14(13)19)22-12-17-23-15-9-5-6-10-16(15)24(17)2;/h3-10H,11-12H2,1-2H3,(H2,20,21,22);1H. The molecular weight excluding hydrogens is 432 g/mol. The zero-order valence-corrected chi connectivity index (χ0v) is 16.5. The molecule has 0 aliphatic heterocycles. The molecule has 0 saturated heterocycles. The lowest BCUT2D eigenvalue weighted by molar-refractivity contribution is 0.604. The maximum Gasteiger partial charge on any atom is 0.191 e. The van der Waals surface area contributed by atoms with Crippen LogP contribution in [0.2, 0.25) is 0 Å². The topological polar surface area (TPSA) is 54.2 Å². The number of para-hydroxylation sites is 2. The third kappa shape index (κ3) is 4.47. The van der Waals surface area contributed by atoms with Gasteiger partial charge in [0.25, 0.3) is 0 Å². The zero-order chi connectivity index (χ0) is 16.9. The molecule has 3 aromatic rings. The number of nitrogens with one attached hydrogen (secondary N) is 2. The van der Waals surface area contributed by atoms with Crippen molar-refractivity contribution in [1.29, 1.82) is 0 Å². The average Bonchev–Trinajstić information content (AvgIpc) is 2.93. The summed E-state index contributed by atoms with van der Waals surface area (Å²) in [6, 6.07) is 14.7. The van der Waals surface area contributed by atoms with Crippen molar-refractivity contribution in [3.63, 3.8) is 0 Å². The smallest absolute Gasteiger partial charge is 0.191 e. The Kier molecular flexibility index (Phi) is 6.74. The average molecular weight is 453 g/mol. The third-order valence-corrected chi connectivity index (χ3v) is 3.92. The maximum absolute atomic E-state index is 13.7. The Morgan fingerprint density at radius 1 is 1.08 bits per heavy atom. The van der Waals surface area contributed by atoms with Crippen molar-refractivity contribution >= 4 is 41.0 Å². The van der Waals surface area contributed by atoms with E-state index in [9.17, 15) is 4.39 Å². The number of benzene rings is 2. The van der Waals surface area contributed by atoms with Gasteiger partial charge in [0.05, 0.1) is 17.6 Å². The first kappa shape index (κ1) is 19.2. The summed E-state index contributed by atoms with van der Waals surface area (Å²) in [6.07, 6.45) is 0. The number of aromatic nitrogens is 2. The van der Waals surface area contributed by atoms with Crippen molar-refractivity contribution in [3.8, 4) is 0 Å². The van der Waals surface area contributed by atoms with E-state index in [4.69, 9.17) is 0 Å². The maximum atomic E-state index is 13.7. The van der Waals surface area contributed by atoms with Gasteiger partial charge in [-0.1, -0.05) is 30.3 Å². The second-order valence-corrected chi connectivity index (χ2v) is 5.45. The molecule has 0 atom stereocenters.